The van der Waals surface area contributed by atoms with Crippen molar-refractivity contribution in [2.45, 2.75) is 13.5 Å². The zero-order valence-corrected chi connectivity index (χ0v) is 13.7. The first kappa shape index (κ1) is 15.6. The van der Waals surface area contributed by atoms with Crippen molar-refractivity contribution in [2.24, 2.45) is 0 Å². The number of aliphatic hydroxyl groups excluding tert-OH is 1. The first-order valence-electron chi connectivity index (χ1n) is 6.39. The second-order valence-electron chi connectivity index (χ2n) is 4.43. The van der Waals surface area contributed by atoms with Gasteiger partial charge in [-0.1, -0.05) is 39.8 Å². The quantitative estimate of drug-likeness (QED) is 0.627. The third-order valence-corrected chi connectivity index (χ3v) is 5.99. The van der Waals surface area contributed by atoms with Crippen molar-refractivity contribution in [1.29, 1.82) is 0 Å². The monoisotopic (exact) mass is 327 g/mol. The molecule has 0 bridgehead atoms. The fourth-order valence-corrected chi connectivity index (χ4v) is 4.36. The Morgan fingerprint density at radius 1 is 1.25 bits per heavy atom. The van der Waals surface area contributed by atoms with Crippen LogP contribution in [0.25, 0.3) is 10.4 Å². The van der Waals surface area contributed by atoms with Gasteiger partial charge in [-0.15, -0.1) is 0 Å². The minimum absolute atomic E-state index is 0.125. The summed E-state index contributed by atoms with van der Waals surface area (Å²) in [5.74, 6) is 0.295. The van der Waals surface area contributed by atoms with E-state index < -0.39 is 0 Å². The van der Waals surface area contributed by atoms with Gasteiger partial charge in [0.05, 0.1) is 6.61 Å². The molecule has 0 aliphatic heterocycles. The number of hydrogen-bond donors (Lipinski definition) is 2. The maximum atomic E-state index is 10.00. The Morgan fingerprint density at radius 3 is 2.65 bits per heavy atom. The predicted molar refractivity (Wildman–Crippen MR) is 88.2 cm³/mol. The molecular formula is C14H17NO2S3. The summed E-state index contributed by atoms with van der Waals surface area (Å²) in [5, 5.41) is 19.0. The minimum Gasteiger partial charge on any atom is -0.508 e. The van der Waals surface area contributed by atoms with Crippen LogP contribution in [-0.2, 0) is 6.54 Å². The molecule has 1 aromatic heterocycles. The molecule has 3 nitrogen and oxygen atoms in total. The first-order valence-corrected chi connectivity index (χ1v) is 8.95. The largest absolute Gasteiger partial charge is 0.508 e. The second-order valence-corrected chi connectivity index (χ2v) is 7.34. The molecule has 108 valence electrons. The molecule has 0 unspecified atom stereocenters. The molecule has 0 aliphatic rings. The van der Waals surface area contributed by atoms with E-state index in [9.17, 15) is 5.11 Å². The maximum absolute atomic E-state index is 10.00. The smallest absolute Gasteiger partial charge is 0.120 e. The number of phenols is 1. The summed E-state index contributed by atoms with van der Waals surface area (Å²) < 4.78 is 0.884. The lowest BCUT2D eigenvalue weighted by atomic mass is 10.1. The second kappa shape index (κ2) is 7.28. The van der Waals surface area contributed by atoms with Crippen molar-refractivity contribution in [3.05, 3.63) is 33.7 Å². The molecule has 0 saturated heterocycles. The van der Waals surface area contributed by atoms with Crippen LogP contribution in [0, 0.1) is 3.82 Å². The highest BCUT2D eigenvalue weighted by Gasteiger charge is 2.10. The van der Waals surface area contributed by atoms with Gasteiger partial charge in [-0.05, 0) is 36.4 Å². The van der Waals surface area contributed by atoms with Gasteiger partial charge in [0.25, 0.3) is 0 Å². The molecule has 6 heteroatoms. The van der Waals surface area contributed by atoms with Crippen LogP contribution >= 0.6 is 32.9 Å². The predicted octanol–water partition coefficient (Wildman–Crippen LogP) is 3.73. The van der Waals surface area contributed by atoms with E-state index in [1.165, 1.54) is 0 Å². The number of hydrogen-bond acceptors (Lipinski definition) is 6. The van der Waals surface area contributed by atoms with E-state index in [1.807, 2.05) is 25.1 Å². The standard InChI is InChI=1S/C14H17NO2S3/c1-2-15(5-6-16)9-11-7-10(3-4-12(11)17)13-8-14(18)20-19-13/h3-4,7-8,16-17H,2,5-6,9H2,1H3. The fraction of sp³-hybridized carbons (Fsp3) is 0.357. The van der Waals surface area contributed by atoms with Gasteiger partial charge >= 0.3 is 0 Å². The summed E-state index contributed by atoms with van der Waals surface area (Å²) >= 11 is 5.16. The third-order valence-electron chi connectivity index (χ3n) is 3.08. The van der Waals surface area contributed by atoms with Crippen molar-refractivity contribution in [3.8, 4) is 16.2 Å². The molecule has 0 atom stereocenters. The van der Waals surface area contributed by atoms with Crippen LogP contribution in [0.3, 0.4) is 0 Å². The SMILES string of the molecule is CCN(CCO)Cc1cc(-c2cc(=S)ss2)ccc1O. The molecule has 0 spiro atoms. The summed E-state index contributed by atoms with van der Waals surface area (Å²) in [7, 11) is 3.24. The van der Waals surface area contributed by atoms with Gasteiger partial charge in [-0.3, -0.25) is 4.90 Å². The average Bonchev–Trinajstić information content (AvgIpc) is 2.87. The van der Waals surface area contributed by atoms with E-state index in [-0.39, 0.29) is 6.61 Å². The Balaban J connectivity index is 2.26. The lowest BCUT2D eigenvalue weighted by molar-refractivity contribution is 0.195. The highest BCUT2D eigenvalue weighted by Crippen LogP contribution is 2.32. The summed E-state index contributed by atoms with van der Waals surface area (Å²) in [6, 6.07) is 7.63. The Morgan fingerprint density at radius 2 is 2.05 bits per heavy atom. The third kappa shape index (κ3) is 3.86. The number of aliphatic hydroxyl groups is 1. The Labute approximate surface area is 131 Å². The normalized spacial score (nSPS) is 11.2. The molecule has 2 N–H and O–H groups in total. The van der Waals surface area contributed by atoms with Gasteiger partial charge in [0.2, 0.25) is 0 Å². The van der Waals surface area contributed by atoms with Crippen LogP contribution in [0.2, 0.25) is 0 Å². The van der Waals surface area contributed by atoms with Crippen molar-refractivity contribution < 1.29 is 10.2 Å². The summed E-state index contributed by atoms with van der Waals surface area (Å²) in [5.41, 5.74) is 1.96. The van der Waals surface area contributed by atoms with Gasteiger partial charge in [-0.25, -0.2) is 0 Å². The highest BCUT2D eigenvalue weighted by atomic mass is 32.9. The molecule has 1 heterocycles. The first-order chi connectivity index (χ1) is 9.63. The molecule has 0 fully saturated rings. The topological polar surface area (TPSA) is 43.7 Å². The van der Waals surface area contributed by atoms with Gasteiger partial charge in [0, 0.05) is 23.5 Å². The lowest BCUT2D eigenvalue weighted by Gasteiger charge is -2.20. The number of rotatable bonds is 6. The van der Waals surface area contributed by atoms with Crippen LogP contribution in [0.4, 0.5) is 0 Å². The van der Waals surface area contributed by atoms with E-state index in [0.717, 1.165) is 26.4 Å². The van der Waals surface area contributed by atoms with E-state index >= 15 is 0 Å². The molecule has 0 amide bonds. The van der Waals surface area contributed by atoms with Crippen molar-refractivity contribution in [2.75, 3.05) is 19.7 Å². The number of benzene rings is 1. The maximum Gasteiger partial charge on any atom is 0.120 e. The zero-order chi connectivity index (χ0) is 14.5. The van der Waals surface area contributed by atoms with Crippen LogP contribution in [0.1, 0.15) is 12.5 Å². The molecule has 1 aromatic carbocycles. The Bertz CT molecular complexity index is 621. The summed E-state index contributed by atoms with van der Waals surface area (Å²) in [6.07, 6.45) is 0. The van der Waals surface area contributed by atoms with E-state index in [4.69, 9.17) is 17.3 Å². The molecule has 20 heavy (non-hydrogen) atoms. The number of aromatic hydroxyl groups is 1. The molecule has 2 aromatic rings. The minimum atomic E-state index is 0.125. The van der Waals surface area contributed by atoms with Crippen LogP contribution < -0.4 is 0 Å². The number of nitrogens with zero attached hydrogens (tertiary/aromatic N) is 1. The molecule has 0 aliphatic carbocycles. The van der Waals surface area contributed by atoms with Crippen molar-refractivity contribution in [3.63, 3.8) is 0 Å². The fourth-order valence-electron chi connectivity index (χ4n) is 1.97. The lowest BCUT2D eigenvalue weighted by Crippen LogP contribution is -2.26. The van der Waals surface area contributed by atoms with Crippen LogP contribution in [0.15, 0.2) is 24.3 Å². The highest BCUT2D eigenvalue weighted by molar-refractivity contribution is 7.80. The summed E-state index contributed by atoms with van der Waals surface area (Å²) in [6.45, 7) is 4.24. The number of likely N-dealkylation sites (N-methyl/N-ethyl adjacent to an activating group) is 1. The Kier molecular flexibility index (Phi) is 5.68. The average molecular weight is 327 g/mol. The van der Waals surface area contributed by atoms with E-state index in [1.54, 1.807) is 26.7 Å². The summed E-state index contributed by atoms with van der Waals surface area (Å²) in [4.78, 5) is 3.22. The van der Waals surface area contributed by atoms with Gasteiger partial charge in [0.15, 0.2) is 0 Å². The van der Waals surface area contributed by atoms with Crippen LogP contribution in [0.5, 0.6) is 5.75 Å². The number of phenolic OH excluding ortho intramolecular Hbond substituents is 1. The molecule has 0 saturated carbocycles. The van der Waals surface area contributed by atoms with Gasteiger partial charge in [0.1, 0.15) is 9.57 Å². The van der Waals surface area contributed by atoms with E-state index in [0.29, 0.717) is 18.8 Å². The van der Waals surface area contributed by atoms with E-state index in [2.05, 4.69) is 4.90 Å². The van der Waals surface area contributed by atoms with Gasteiger partial charge in [-0.2, -0.15) is 0 Å². The zero-order valence-electron chi connectivity index (χ0n) is 11.2. The molecular weight excluding hydrogens is 310 g/mol. The Hall–Kier alpha value is -0.790. The van der Waals surface area contributed by atoms with Crippen LogP contribution in [-0.4, -0.2) is 34.8 Å². The van der Waals surface area contributed by atoms with Gasteiger partial charge < -0.3 is 10.2 Å². The van der Waals surface area contributed by atoms with Crippen molar-refractivity contribution >= 4 is 32.9 Å². The van der Waals surface area contributed by atoms with Crippen molar-refractivity contribution in [1.82, 2.24) is 4.90 Å². The molecule has 2 rings (SSSR count). The molecule has 0 radical (unpaired) electrons.